The van der Waals surface area contributed by atoms with Crippen LogP contribution in [-0.4, -0.2) is 132 Å². The highest BCUT2D eigenvalue weighted by Gasteiger charge is 2.31. The lowest BCUT2D eigenvalue weighted by Crippen LogP contribution is -2.57. The molecule has 8 N–H and O–H groups in total. The maximum atomic E-state index is 13.1. The average molecular weight is 895 g/mol. The van der Waals surface area contributed by atoms with Gasteiger partial charge in [-0.25, -0.2) is 4.79 Å². The number of primary amides is 1. The summed E-state index contributed by atoms with van der Waals surface area (Å²) < 4.78 is 21.5. The Balaban J connectivity index is -0.000000392. The number of hydrogen-bond acceptors (Lipinski definition) is 11. The van der Waals surface area contributed by atoms with E-state index in [1.54, 1.807) is 13.8 Å². The zero-order valence-corrected chi connectivity index (χ0v) is 41.7. The van der Waals surface area contributed by atoms with Gasteiger partial charge in [-0.3, -0.25) is 24.0 Å². The van der Waals surface area contributed by atoms with Gasteiger partial charge in [0.25, 0.3) is 0 Å². The molecule has 0 aromatic carbocycles. The maximum absolute atomic E-state index is 13.1. The van der Waals surface area contributed by atoms with Crippen LogP contribution >= 0.6 is 0 Å². The first-order valence-electron chi connectivity index (χ1n) is 22.5. The second-order valence-corrected chi connectivity index (χ2v) is 14.4. The van der Waals surface area contributed by atoms with Crippen molar-refractivity contribution in [2.24, 2.45) is 23.5 Å². The number of carbonyl (C=O) groups is 6. The molecule has 0 bridgehead atoms. The standard InChI is InChI=1S/C29H53N5O11.C6H12.C4H10.C2H7N.2C2H6/c1-5-12-42-14-16-44-18-19-45-17-15-43-13-10-24(36)32-23(8-9-25(37)38)27(39)34-26(20(2)3)28(40)33-22(21(4)35)7-6-11-31-29(30)41;1-4-6(3)5-2;1-4(2)3;1-3-2;2*1-2/h20,22-23,26H,5-19H2,1-4H3,(H,32,36)(H,33,40)(H,34,39)(H,37,38)(H3,30,31,41);4,6H,1,5H2,2-3H3;4H,1-3H3;3H,1-2H3;2*1-2H3. The van der Waals surface area contributed by atoms with Crippen LogP contribution in [0, 0.1) is 17.8 Å². The van der Waals surface area contributed by atoms with Gasteiger partial charge in [0.1, 0.15) is 12.1 Å². The molecule has 0 aromatic rings. The molecule has 4 unspecified atom stereocenters. The highest BCUT2D eigenvalue weighted by molar-refractivity contribution is 5.94. The van der Waals surface area contributed by atoms with Gasteiger partial charge < -0.3 is 56.4 Å². The molecule has 0 rings (SSSR count). The summed E-state index contributed by atoms with van der Waals surface area (Å²) in [5.41, 5.74) is 5.03. The molecule has 0 aliphatic carbocycles. The molecule has 0 saturated heterocycles. The van der Waals surface area contributed by atoms with Crippen molar-refractivity contribution in [1.29, 1.82) is 0 Å². The average Bonchev–Trinajstić information content (AvgIpc) is 3.22. The smallest absolute Gasteiger partial charge is 0.312 e. The van der Waals surface area contributed by atoms with Gasteiger partial charge in [-0.1, -0.05) is 95.6 Å². The molecule has 0 spiro atoms. The summed E-state index contributed by atoms with van der Waals surface area (Å²) in [4.78, 5) is 72.8. The van der Waals surface area contributed by atoms with E-state index in [4.69, 9.17) is 29.8 Å². The lowest BCUT2D eigenvalue weighted by molar-refractivity contribution is -0.138. The van der Waals surface area contributed by atoms with Gasteiger partial charge in [-0.15, -0.1) is 6.58 Å². The molecule has 0 aromatic heterocycles. The molecule has 0 aliphatic heterocycles. The Hall–Kier alpha value is -3.64. The Morgan fingerprint density at radius 2 is 1.13 bits per heavy atom. The molecule has 4 atom stereocenters. The molecule has 370 valence electrons. The third-order valence-corrected chi connectivity index (χ3v) is 7.31. The van der Waals surface area contributed by atoms with Crippen molar-refractivity contribution in [3.8, 4) is 0 Å². The van der Waals surface area contributed by atoms with Crippen LogP contribution in [0.1, 0.15) is 135 Å². The Morgan fingerprint density at radius 1 is 0.677 bits per heavy atom. The van der Waals surface area contributed by atoms with Crippen LogP contribution in [0.3, 0.4) is 0 Å². The molecule has 17 nitrogen and oxygen atoms in total. The number of urea groups is 1. The summed E-state index contributed by atoms with van der Waals surface area (Å²) in [7, 11) is 3.75. The molecule has 0 heterocycles. The highest BCUT2D eigenvalue weighted by Crippen LogP contribution is 2.08. The number of aliphatic carboxylic acids is 1. The molecule has 5 amide bonds. The third kappa shape index (κ3) is 56.4. The molecular formula is C45H94N6O11. The largest absolute Gasteiger partial charge is 0.481 e. The van der Waals surface area contributed by atoms with Crippen LogP contribution in [0.4, 0.5) is 4.79 Å². The van der Waals surface area contributed by atoms with E-state index in [0.29, 0.717) is 52.0 Å². The van der Waals surface area contributed by atoms with Crippen molar-refractivity contribution in [1.82, 2.24) is 26.6 Å². The fraction of sp³-hybridized carbons (Fsp3) is 0.822. The summed E-state index contributed by atoms with van der Waals surface area (Å²) >= 11 is 0. The van der Waals surface area contributed by atoms with E-state index in [1.165, 1.54) is 13.3 Å². The number of hydrogen-bond donors (Lipinski definition) is 7. The van der Waals surface area contributed by atoms with Crippen molar-refractivity contribution in [3.05, 3.63) is 12.7 Å². The number of carboxylic acid groups (broad SMARTS) is 1. The van der Waals surface area contributed by atoms with Crippen LogP contribution in [0.2, 0.25) is 0 Å². The number of amides is 5. The van der Waals surface area contributed by atoms with Crippen molar-refractivity contribution in [3.63, 3.8) is 0 Å². The number of nitrogens with one attached hydrogen (secondary N) is 5. The fourth-order valence-electron chi connectivity index (χ4n) is 3.99. The minimum absolute atomic E-state index is 0.0478. The molecule has 0 aliphatic rings. The van der Waals surface area contributed by atoms with Gasteiger partial charge in [0.15, 0.2) is 5.78 Å². The molecule has 0 radical (unpaired) electrons. The lowest BCUT2D eigenvalue weighted by Gasteiger charge is -2.27. The van der Waals surface area contributed by atoms with Gasteiger partial charge in [0.05, 0.1) is 52.3 Å². The predicted molar refractivity (Wildman–Crippen MR) is 251 cm³/mol. The second kappa shape index (κ2) is 53.5. The van der Waals surface area contributed by atoms with Gasteiger partial charge >= 0.3 is 12.0 Å². The van der Waals surface area contributed by atoms with Crippen molar-refractivity contribution in [2.45, 2.75) is 153 Å². The monoisotopic (exact) mass is 895 g/mol. The molecule has 62 heavy (non-hydrogen) atoms. The quantitative estimate of drug-likeness (QED) is 0.0343. The number of ketones is 1. The number of Topliss-reactive ketones (excluding diaryl/α,β-unsaturated/α-hetero) is 1. The number of nitrogens with two attached hydrogens (primary N) is 1. The summed E-state index contributed by atoms with van der Waals surface area (Å²) in [6, 6.07) is -3.86. The van der Waals surface area contributed by atoms with E-state index < -0.39 is 60.2 Å². The number of carbonyl (C=O) groups excluding carboxylic acids is 5. The van der Waals surface area contributed by atoms with Crippen molar-refractivity contribution >= 4 is 35.5 Å². The predicted octanol–water partition coefficient (Wildman–Crippen LogP) is 5.63. The number of ether oxygens (including phenoxy) is 4. The van der Waals surface area contributed by atoms with Gasteiger partial charge in [0.2, 0.25) is 17.7 Å². The number of carboxylic acids is 1. The van der Waals surface area contributed by atoms with E-state index in [-0.39, 0.29) is 44.8 Å². The number of rotatable bonds is 30. The normalized spacial score (nSPS) is 11.8. The lowest BCUT2D eigenvalue weighted by atomic mass is 10.0. The van der Waals surface area contributed by atoms with Crippen LogP contribution in [-0.2, 0) is 42.9 Å². The minimum atomic E-state index is -1.22. The van der Waals surface area contributed by atoms with Crippen LogP contribution in [0.5, 0.6) is 0 Å². The summed E-state index contributed by atoms with van der Waals surface area (Å²) in [6.07, 6.45) is 4.05. The Bertz CT molecular complexity index is 1080. The third-order valence-electron chi connectivity index (χ3n) is 7.31. The molecular weight excluding hydrogens is 801 g/mol. The summed E-state index contributed by atoms with van der Waals surface area (Å²) in [5.74, 6) is -2.24. The Labute approximate surface area is 376 Å². The highest BCUT2D eigenvalue weighted by atomic mass is 16.6. The van der Waals surface area contributed by atoms with Gasteiger partial charge in [-0.05, 0) is 64.5 Å². The van der Waals surface area contributed by atoms with Crippen LogP contribution in [0.25, 0.3) is 0 Å². The van der Waals surface area contributed by atoms with E-state index in [9.17, 15) is 28.8 Å². The molecule has 17 heteroatoms. The first-order valence-corrected chi connectivity index (χ1v) is 22.5. The van der Waals surface area contributed by atoms with Crippen LogP contribution < -0.4 is 32.3 Å². The fourth-order valence-corrected chi connectivity index (χ4v) is 3.99. The maximum Gasteiger partial charge on any atom is 0.312 e. The van der Waals surface area contributed by atoms with E-state index >= 15 is 0 Å². The van der Waals surface area contributed by atoms with Crippen molar-refractivity contribution in [2.75, 3.05) is 73.5 Å². The SMILES string of the molecule is C=CC(C)CC.CC.CC.CC(C)C.CCCOCCOCCOCCOCCC(=O)NC(CCC(=O)O)C(=O)NC(C(=O)NC(CCCNC(N)=O)C(C)=O)C(C)C.CNC. The van der Waals surface area contributed by atoms with E-state index in [0.717, 1.165) is 12.3 Å². The Kier molecular flexibility index (Phi) is 60.4. The molecule has 0 saturated carbocycles. The topological polar surface area (TPSA) is 246 Å². The first kappa shape index (κ1) is 70.0. The zero-order chi connectivity index (χ0) is 49.3. The summed E-state index contributed by atoms with van der Waals surface area (Å²) in [6.45, 7) is 32.5. The van der Waals surface area contributed by atoms with Crippen LogP contribution in [0.15, 0.2) is 12.7 Å². The van der Waals surface area contributed by atoms with Gasteiger partial charge in [-0.2, -0.15) is 0 Å². The van der Waals surface area contributed by atoms with Gasteiger partial charge in [0, 0.05) is 26.0 Å². The molecule has 0 fully saturated rings. The van der Waals surface area contributed by atoms with Crippen molar-refractivity contribution < 1.29 is 52.8 Å². The van der Waals surface area contributed by atoms with E-state index in [2.05, 4.69) is 67.8 Å². The number of allylic oxidation sites excluding steroid dienone is 1. The second-order valence-electron chi connectivity index (χ2n) is 14.4. The first-order chi connectivity index (χ1) is 29.3. The zero-order valence-electron chi connectivity index (χ0n) is 41.7. The minimum Gasteiger partial charge on any atom is -0.481 e. The van der Waals surface area contributed by atoms with E-state index in [1.807, 2.05) is 54.8 Å². The summed E-state index contributed by atoms with van der Waals surface area (Å²) in [5, 5.41) is 22.0. The Morgan fingerprint density at radius 3 is 1.48 bits per heavy atom.